The predicted octanol–water partition coefficient (Wildman–Crippen LogP) is -0.427. The second-order valence-corrected chi connectivity index (χ2v) is 10.1. The number of carbonyl (C=O) groups excluding carboxylic acids is 3. The Labute approximate surface area is 205 Å². The first-order chi connectivity index (χ1) is 16.9. The van der Waals surface area contributed by atoms with Crippen molar-refractivity contribution in [3.8, 4) is 0 Å². The Morgan fingerprint density at radius 2 is 1.80 bits per heavy atom. The van der Waals surface area contributed by atoms with Gasteiger partial charge in [-0.1, -0.05) is 24.3 Å². The molecule has 1 spiro atoms. The molecule has 1 unspecified atom stereocenters. The fraction of sp³-hybridized carbons (Fsp3) is 0.720. The molecule has 0 aromatic heterocycles. The second-order valence-electron chi connectivity index (χ2n) is 10.1. The number of fused-ring (bicyclic) bond motifs is 2. The maximum absolute atomic E-state index is 14.1. The summed E-state index contributed by atoms with van der Waals surface area (Å²) in [7, 11) is 0. The molecular formula is C25H35N3O7. The normalized spacial score (nSPS) is 37.4. The fourth-order valence-electron chi connectivity index (χ4n) is 6.30. The zero-order valence-electron chi connectivity index (χ0n) is 20.3. The predicted molar refractivity (Wildman–Crippen MR) is 124 cm³/mol. The average molecular weight is 490 g/mol. The Bertz CT molecular complexity index is 917. The number of carbonyl (C=O) groups is 3. The van der Waals surface area contributed by atoms with Gasteiger partial charge in [0, 0.05) is 45.9 Å². The molecular weight excluding hydrogens is 454 g/mol. The molecule has 3 saturated heterocycles. The number of likely N-dealkylation sites (tertiary alicyclic amines) is 1. The van der Waals surface area contributed by atoms with Gasteiger partial charge in [-0.05, 0) is 19.8 Å². The summed E-state index contributed by atoms with van der Waals surface area (Å²) in [4.78, 5) is 46.6. The van der Waals surface area contributed by atoms with Crippen molar-refractivity contribution in [3.05, 3.63) is 24.3 Å². The highest BCUT2D eigenvalue weighted by atomic mass is 16.6. The van der Waals surface area contributed by atoms with Gasteiger partial charge in [-0.25, -0.2) is 0 Å². The van der Waals surface area contributed by atoms with Crippen LogP contribution in [-0.4, -0.2) is 121 Å². The molecule has 10 heteroatoms. The van der Waals surface area contributed by atoms with Crippen molar-refractivity contribution in [3.63, 3.8) is 0 Å². The Morgan fingerprint density at radius 3 is 2.57 bits per heavy atom. The lowest BCUT2D eigenvalue weighted by molar-refractivity contribution is -0.160. The Morgan fingerprint density at radius 1 is 1.00 bits per heavy atom. The lowest BCUT2D eigenvalue weighted by atomic mass is 9.74. The summed E-state index contributed by atoms with van der Waals surface area (Å²) in [5.74, 6) is -2.68. The third-order valence-corrected chi connectivity index (χ3v) is 7.95. The maximum Gasteiger partial charge on any atom is 0.313 e. The van der Waals surface area contributed by atoms with Crippen molar-refractivity contribution in [2.75, 3.05) is 65.7 Å². The molecule has 0 bridgehead atoms. The lowest BCUT2D eigenvalue weighted by Gasteiger charge is -2.38. The van der Waals surface area contributed by atoms with E-state index in [9.17, 15) is 19.5 Å². The van der Waals surface area contributed by atoms with E-state index in [1.807, 2.05) is 24.3 Å². The van der Waals surface area contributed by atoms with Crippen LogP contribution < -0.4 is 0 Å². The third-order valence-electron chi connectivity index (χ3n) is 7.95. The van der Waals surface area contributed by atoms with E-state index in [-0.39, 0.29) is 31.6 Å². The fourth-order valence-corrected chi connectivity index (χ4v) is 6.30. The summed E-state index contributed by atoms with van der Waals surface area (Å²) < 4.78 is 17.6. The molecule has 0 radical (unpaired) electrons. The van der Waals surface area contributed by atoms with Crippen LogP contribution in [0.2, 0.25) is 0 Å². The molecule has 5 aliphatic rings. The third kappa shape index (κ3) is 4.10. The van der Waals surface area contributed by atoms with Gasteiger partial charge >= 0.3 is 5.97 Å². The Hall–Kier alpha value is -2.27. The molecule has 0 aromatic rings. The van der Waals surface area contributed by atoms with Gasteiger partial charge in [0.2, 0.25) is 11.8 Å². The van der Waals surface area contributed by atoms with Crippen molar-refractivity contribution < 1.29 is 33.7 Å². The summed E-state index contributed by atoms with van der Waals surface area (Å²) in [6.45, 7) is 6.81. The van der Waals surface area contributed by atoms with Crippen molar-refractivity contribution in [2.45, 2.75) is 37.0 Å². The summed E-state index contributed by atoms with van der Waals surface area (Å²) in [6.07, 6.45) is 8.40. The van der Waals surface area contributed by atoms with E-state index in [0.29, 0.717) is 45.7 Å². The summed E-state index contributed by atoms with van der Waals surface area (Å²) in [6, 6.07) is -0.902. The van der Waals surface area contributed by atoms with Crippen LogP contribution in [0.3, 0.4) is 0 Å². The second kappa shape index (κ2) is 9.65. The number of nitrogens with zero attached hydrogens (tertiary/aromatic N) is 3. The monoisotopic (exact) mass is 489 g/mol. The topological polar surface area (TPSA) is 109 Å². The van der Waals surface area contributed by atoms with Gasteiger partial charge in [0.25, 0.3) is 0 Å². The van der Waals surface area contributed by atoms with Crippen LogP contribution >= 0.6 is 0 Å². The minimum atomic E-state index is -1.27. The Balaban J connectivity index is 1.49. The highest BCUT2D eigenvalue weighted by Gasteiger charge is 2.74. The maximum atomic E-state index is 14.1. The smallest absolute Gasteiger partial charge is 0.313 e. The van der Waals surface area contributed by atoms with Crippen LogP contribution in [-0.2, 0) is 28.6 Å². The van der Waals surface area contributed by atoms with Gasteiger partial charge in [-0.2, -0.15) is 0 Å². The summed E-state index contributed by atoms with van der Waals surface area (Å²) in [5, 5.41) is 9.47. The molecule has 0 saturated carbocycles. The zero-order chi connectivity index (χ0) is 24.6. The van der Waals surface area contributed by atoms with E-state index >= 15 is 0 Å². The Kier molecular flexibility index (Phi) is 6.73. The molecule has 0 aromatic carbocycles. The number of aliphatic hydroxyl groups is 1. The van der Waals surface area contributed by atoms with E-state index < -0.39 is 35.0 Å². The van der Waals surface area contributed by atoms with Crippen molar-refractivity contribution in [1.82, 2.24) is 14.7 Å². The molecule has 10 nitrogen and oxygen atoms in total. The number of hydrogen-bond donors (Lipinski definition) is 1. The van der Waals surface area contributed by atoms with Crippen molar-refractivity contribution in [2.24, 2.45) is 11.8 Å². The lowest BCUT2D eigenvalue weighted by Crippen LogP contribution is -2.56. The standard InChI is InChI=1S/C25H35N3O7/c1-24-6-2-3-15-34-23(32)19(24)18-21(30)28(9-5-14-29)20-22(31)27(8-4-7-25(18,20)35-24)11-10-26-12-16-33-17-13-26/h2,4,6-7,18-20,29H,3,5,8-17H2,1H3/t18-,19+,20?,24-,25-/m0/s1. The minimum Gasteiger partial charge on any atom is -0.465 e. The van der Waals surface area contributed by atoms with Gasteiger partial charge in [0.15, 0.2) is 0 Å². The van der Waals surface area contributed by atoms with Gasteiger partial charge in [0.05, 0.1) is 31.3 Å². The number of hydrogen-bond acceptors (Lipinski definition) is 8. The SMILES string of the molecule is C[C@]12C=CCCOC(=O)[C@H]1[C@H]1C(=O)N(CCCO)C3C(=O)N(CCN4CCOCC4)CC=C[C@@]31O2. The van der Waals surface area contributed by atoms with E-state index in [1.54, 1.807) is 11.8 Å². The van der Waals surface area contributed by atoms with Gasteiger partial charge in [-0.3, -0.25) is 19.3 Å². The summed E-state index contributed by atoms with van der Waals surface area (Å²) >= 11 is 0. The quantitative estimate of drug-likeness (QED) is 0.396. The number of esters is 1. The molecule has 5 rings (SSSR count). The van der Waals surface area contributed by atoms with Crippen molar-refractivity contribution >= 4 is 17.8 Å². The average Bonchev–Trinajstić information content (AvgIpc) is 3.16. The van der Waals surface area contributed by atoms with E-state index in [1.165, 1.54) is 4.90 Å². The first-order valence-electron chi connectivity index (χ1n) is 12.6. The van der Waals surface area contributed by atoms with Crippen LogP contribution in [0.5, 0.6) is 0 Å². The van der Waals surface area contributed by atoms with Crippen molar-refractivity contribution in [1.29, 1.82) is 0 Å². The molecule has 1 N–H and O–H groups in total. The number of cyclic esters (lactones) is 1. The number of aliphatic hydroxyl groups excluding tert-OH is 1. The highest BCUT2D eigenvalue weighted by Crippen LogP contribution is 2.57. The molecule has 0 aliphatic carbocycles. The largest absolute Gasteiger partial charge is 0.465 e. The summed E-state index contributed by atoms with van der Waals surface area (Å²) in [5.41, 5.74) is -2.34. The number of morpholine rings is 1. The van der Waals surface area contributed by atoms with Crippen LogP contribution in [0.15, 0.2) is 24.3 Å². The first kappa shape index (κ1) is 24.4. The zero-order valence-corrected chi connectivity index (χ0v) is 20.3. The molecule has 5 aliphatic heterocycles. The molecule has 35 heavy (non-hydrogen) atoms. The van der Waals surface area contributed by atoms with E-state index in [2.05, 4.69) is 4.90 Å². The number of amides is 2. The molecule has 5 heterocycles. The van der Waals surface area contributed by atoms with E-state index in [4.69, 9.17) is 14.2 Å². The van der Waals surface area contributed by atoms with Gasteiger partial charge in [-0.15, -0.1) is 0 Å². The molecule has 192 valence electrons. The van der Waals surface area contributed by atoms with Crippen LogP contribution in [0.25, 0.3) is 0 Å². The van der Waals surface area contributed by atoms with Crippen LogP contribution in [0.4, 0.5) is 0 Å². The van der Waals surface area contributed by atoms with Gasteiger partial charge in [0.1, 0.15) is 17.6 Å². The molecule has 3 fully saturated rings. The number of rotatable bonds is 6. The highest BCUT2D eigenvalue weighted by molar-refractivity contribution is 5.99. The molecule has 2 amide bonds. The minimum absolute atomic E-state index is 0.105. The first-order valence-corrected chi connectivity index (χ1v) is 12.6. The molecule has 5 atom stereocenters. The number of ether oxygens (including phenoxy) is 3. The van der Waals surface area contributed by atoms with E-state index in [0.717, 1.165) is 13.1 Å². The van der Waals surface area contributed by atoms with Crippen LogP contribution in [0.1, 0.15) is 19.8 Å². The van der Waals surface area contributed by atoms with Gasteiger partial charge < -0.3 is 29.1 Å². The van der Waals surface area contributed by atoms with Crippen LogP contribution in [0, 0.1) is 11.8 Å².